The Bertz CT molecular complexity index is 262. The summed E-state index contributed by atoms with van der Waals surface area (Å²) >= 11 is 0. The second kappa shape index (κ2) is 5.69. The second-order valence-electron chi connectivity index (χ2n) is 4.19. The zero-order chi connectivity index (χ0) is 12.0. The highest BCUT2D eigenvalue weighted by Crippen LogP contribution is 2.37. The van der Waals surface area contributed by atoms with Gasteiger partial charge < -0.3 is 21.5 Å². The molecule has 0 heterocycles. The van der Waals surface area contributed by atoms with Gasteiger partial charge in [-0.3, -0.25) is 4.79 Å². The molecule has 5 N–H and O–H groups in total. The van der Waals surface area contributed by atoms with E-state index in [9.17, 15) is 9.59 Å². The Morgan fingerprint density at radius 2 is 1.88 bits per heavy atom. The number of hydrogen-bond acceptors (Lipinski definition) is 3. The Hall–Kier alpha value is -1.30. The van der Waals surface area contributed by atoms with Crippen LogP contribution in [0.15, 0.2) is 0 Å². The molecule has 1 fully saturated rings. The maximum absolute atomic E-state index is 11.3. The second-order valence-corrected chi connectivity index (χ2v) is 4.19. The monoisotopic (exact) mass is 229 g/mol. The van der Waals surface area contributed by atoms with Crippen LogP contribution < -0.4 is 16.4 Å². The largest absolute Gasteiger partial charge is 0.481 e. The molecule has 1 rings (SSSR count). The average molecular weight is 229 g/mol. The first-order valence-electron chi connectivity index (χ1n) is 5.56. The van der Waals surface area contributed by atoms with Crippen LogP contribution in [0.5, 0.6) is 0 Å². The Balaban J connectivity index is 2.39. The topological polar surface area (TPSA) is 104 Å². The maximum atomic E-state index is 11.3. The third-order valence-corrected chi connectivity index (χ3v) is 3.03. The highest BCUT2D eigenvalue weighted by molar-refractivity contribution is 5.78. The first-order valence-corrected chi connectivity index (χ1v) is 5.56. The number of rotatable bonds is 5. The lowest BCUT2D eigenvalue weighted by Gasteiger charge is -2.23. The van der Waals surface area contributed by atoms with Gasteiger partial charge in [-0.2, -0.15) is 0 Å². The van der Waals surface area contributed by atoms with Crippen molar-refractivity contribution < 1.29 is 14.7 Å². The molecule has 92 valence electrons. The van der Waals surface area contributed by atoms with Gasteiger partial charge in [-0.05, 0) is 12.8 Å². The molecule has 0 bridgehead atoms. The van der Waals surface area contributed by atoms with E-state index < -0.39 is 11.4 Å². The van der Waals surface area contributed by atoms with E-state index in [1.807, 2.05) is 0 Å². The van der Waals surface area contributed by atoms with E-state index in [4.69, 9.17) is 10.8 Å². The molecule has 0 unspecified atom stereocenters. The Morgan fingerprint density at radius 1 is 1.25 bits per heavy atom. The molecule has 0 radical (unpaired) electrons. The first-order chi connectivity index (χ1) is 7.60. The van der Waals surface area contributed by atoms with Crippen LogP contribution in [0.3, 0.4) is 0 Å². The van der Waals surface area contributed by atoms with E-state index >= 15 is 0 Å². The van der Waals surface area contributed by atoms with Crippen molar-refractivity contribution in [2.75, 3.05) is 19.6 Å². The lowest BCUT2D eigenvalue weighted by atomic mass is 9.86. The van der Waals surface area contributed by atoms with Crippen molar-refractivity contribution in [2.24, 2.45) is 11.1 Å². The molecule has 6 heteroatoms. The molecular formula is C10H19N3O3. The van der Waals surface area contributed by atoms with Gasteiger partial charge in [0.2, 0.25) is 0 Å². The molecule has 0 saturated heterocycles. The molecule has 1 aliphatic carbocycles. The van der Waals surface area contributed by atoms with Gasteiger partial charge in [0, 0.05) is 19.6 Å². The third kappa shape index (κ3) is 3.10. The number of carbonyl (C=O) groups is 2. The molecule has 0 spiro atoms. The Labute approximate surface area is 94.6 Å². The van der Waals surface area contributed by atoms with Gasteiger partial charge in [-0.25, -0.2) is 4.79 Å². The molecule has 0 aromatic heterocycles. The van der Waals surface area contributed by atoms with E-state index in [0.29, 0.717) is 25.9 Å². The van der Waals surface area contributed by atoms with Crippen molar-refractivity contribution in [3.63, 3.8) is 0 Å². The number of nitrogens with one attached hydrogen (secondary N) is 2. The minimum atomic E-state index is -0.816. The summed E-state index contributed by atoms with van der Waals surface area (Å²) in [5.74, 6) is -0.816. The van der Waals surface area contributed by atoms with Crippen LogP contribution in [-0.4, -0.2) is 36.7 Å². The van der Waals surface area contributed by atoms with Gasteiger partial charge in [0.15, 0.2) is 0 Å². The lowest BCUT2D eigenvalue weighted by molar-refractivity contribution is -0.148. The summed E-state index contributed by atoms with van der Waals surface area (Å²) in [5.41, 5.74) is 4.47. The zero-order valence-electron chi connectivity index (χ0n) is 9.29. The predicted octanol–water partition coefficient (Wildman–Crippen LogP) is -0.111. The first kappa shape index (κ1) is 12.8. The van der Waals surface area contributed by atoms with Crippen LogP contribution >= 0.6 is 0 Å². The Morgan fingerprint density at radius 3 is 2.38 bits per heavy atom. The fourth-order valence-corrected chi connectivity index (χ4v) is 2.02. The smallest absolute Gasteiger partial charge is 0.314 e. The summed E-state index contributed by atoms with van der Waals surface area (Å²) in [4.78, 5) is 22.4. The van der Waals surface area contributed by atoms with Crippen molar-refractivity contribution >= 4 is 12.0 Å². The van der Waals surface area contributed by atoms with E-state index in [-0.39, 0.29) is 12.6 Å². The molecule has 0 atom stereocenters. The molecule has 1 aliphatic rings. The number of carboxylic acids is 1. The van der Waals surface area contributed by atoms with Crippen LogP contribution in [0.4, 0.5) is 4.79 Å². The molecule has 0 aromatic carbocycles. The molecule has 6 nitrogen and oxygen atoms in total. The lowest BCUT2D eigenvalue weighted by Crippen LogP contribution is -2.45. The minimum Gasteiger partial charge on any atom is -0.481 e. The van der Waals surface area contributed by atoms with E-state index in [1.165, 1.54) is 0 Å². The van der Waals surface area contributed by atoms with Crippen LogP contribution in [0, 0.1) is 5.41 Å². The number of urea groups is 1. The summed E-state index contributed by atoms with van der Waals surface area (Å²) < 4.78 is 0. The van der Waals surface area contributed by atoms with Crippen molar-refractivity contribution in [1.29, 1.82) is 0 Å². The van der Waals surface area contributed by atoms with Crippen LogP contribution in [0.2, 0.25) is 0 Å². The van der Waals surface area contributed by atoms with Gasteiger partial charge in [0.25, 0.3) is 0 Å². The standard InChI is InChI=1S/C10H19N3O3/c11-5-6-12-9(16)13-7-10(8(14)15)3-1-2-4-10/h1-7,11H2,(H,14,15)(H2,12,13,16). The number of carbonyl (C=O) groups excluding carboxylic acids is 1. The fourth-order valence-electron chi connectivity index (χ4n) is 2.02. The van der Waals surface area contributed by atoms with Gasteiger partial charge in [-0.15, -0.1) is 0 Å². The number of aliphatic carboxylic acids is 1. The predicted molar refractivity (Wildman–Crippen MR) is 59.0 cm³/mol. The number of hydrogen-bond donors (Lipinski definition) is 4. The van der Waals surface area contributed by atoms with Crippen molar-refractivity contribution in [3.8, 4) is 0 Å². The minimum absolute atomic E-state index is 0.193. The van der Waals surface area contributed by atoms with E-state index in [2.05, 4.69) is 10.6 Å². The molecule has 16 heavy (non-hydrogen) atoms. The van der Waals surface area contributed by atoms with E-state index in [1.54, 1.807) is 0 Å². The zero-order valence-corrected chi connectivity index (χ0v) is 9.29. The van der Waals surface area contributed by atoms with Gasteiger partial charge in [0.1, 0.15) is 0 Å². The highest BCUT2D eigenvalue weighted by atomic mass is 16.4. The Kier molecular flexibility index (Phi) is 4.54. The number of carboxylic acid groups (broad SMARTS) is 1. The van der Waals surface area contributed by atoms with Crippen molar-refractivity contribution in [2.45, 2.75) is 25.7 Å². The van der Waals surface area contributed by atoms with E-state index in [0.717, 1.165) is 12.8 Å². The number of amides is 2. The van der Waals surface area contributed by atoms with Crippen LogP contribution in [0.25, 0.3) is 0 Å². The van der Waals surface area contributed by atoms with Gasteiger partial charge in [-0.1, -0.05) is 12.8 Å². The summed E-state index contributed by atoms with van der Waals surface area (Å²) in [7, 11) is 0. The molecule has 0 aliphatic heterocycles. The summed E-state index contributed by atoms with van der Waals surface area (Å²) in [6.45, 7) is 0.960. The van der Waals surface area contributed by atoms with Crippen LogP contribution in [0.1, 0.15) is 25.7 Å². The quantitative estimate of drug-likeness (QED) is 0.528. The van der Waals surface area contributed by atoms with Gasteiger partial charge >= 0.3 is 12.0 Å². The molecular weight excluding hydrogens is 210 g/mol. The molecule has 2 amide bonds. The molecule has 0 aromatic rings. The van der Waals surface area contributed by atoms with Crippen molar-refractivity contribution in [3.05, 3.63) is 0 Å². The molecule has 1 saturated carbocycles. The van der Waals surface area contributed by atoms with Crippen LogP contribution in [-0.2, 0) is 4.79 Å². The normalized spacial score (nSPS) is 18.1. The van der Waals surface area contributed by atoms with Gasteiger partial charge in [0.05, 0.1) is 5.41 Å². The highest BCUT2D eigenvalue weighted by Gasteiger charge is 2.41. The van der Waals surface area contributed by atoms with Crippen molar-refractivity contribution in [1.82, 2.24) is 10.6 Å². The third-order valence-electron chi connectivity index (χ3n) is 3.03. The number of nitrogens with two attached hydrogens (primary N) is 1. The SMILES string of the molecule is NCCNC(=O)NCC1(C(=O)O)CCCC1. The summed E-state index contributed by atoms with van der Waals surface area (Å²) in [5, 5.41) is 14.3. The fraction of sp³-hybridized carbons (Fsp3) is 0.800. The summed E-state index contributed by atoms with van der Waals surface area (Å²) in [6, 6.07) is -0.349. The summed E-state index contributed by atoms with van der Waals surface area (Å²) in [6.07, 6.45) is 3.11. The average Bonchev–Trinajstić information content (AvgIpc) is 2.73. The maximum Gasteiger partial charge on any atom is 0.314 e.